The summed E-state index contributed by atoms with van der Waals surface area (Å²) in [5.41, 5.74) is 7.07. The van der Waals surface area contributed by atoms with Crippen molar-refractivity contribution >= 4 is 23.1 Å². The van der Waals surface area contributed by atoms with E-state index in [1.165, 1.54) is 20.0 Å². The molecule has 0 bridgehead atoms. The molecular weight excluding hydrogens is 389 g/mol. The third kappa shape index (κ3) is 4.65. The van der Waals surface area contributed by atoms with Crippen molar-refractivity contribution in [1.29, 1.82) is 0 Å². The Morgan fingerprint density at radius 3 is 2.53 bits per heavy atom. The molecule has 0 unspecified atom stereocenters. The van der Waals surface area contributed by atoms with Crippen LogP contribution in [0.5, 0.6) is 0 Å². The Morgan fingerprint density at radius 1 is 1.27 bits per heavy atom. The molecule has 0 aliphatic rings. The molecule has 0 aromatic carbocycles. The number of hydrogen-bond acceptors (Lipinski definition) is 7. The second-order valence-electron chi connectivity index (χ2n) is 7.95. The van der Waals surface area contributed by atoms with Crippen LogP contribution in [0.4, 0.5) is 16.0 Å². The summed E-state index contributed by atoms with van der Waals surface area (Å²) in [6.45, 7) is 6.28. The summed E-state index contributed by atoms with van der Waals surface area (Å²) in [5, 5.41) is 19.9. The number of aliphatic hydroxyl groups is 1. The van der Waals surface area contributed by atoms with Crippen molar-refractivity contribution in [3.8, 4) is 11.1 Å². The highest BCUT2D eigenvalue weighted by molar-refractivity contribution is 6.03. The number of nitrogen functional groups attached to an aromatic ring is 1. The summed E-state index contributed by atoms with van der Waals surface area (Å²) < 4.78 is 15.7. The number of aromatic nitrogens is 4. The number of rotatable bonds is 7. The number of amides is 1. The predicted octanol–water partition coefficient (Wildman–Crippen LogP) is 2.03. The van der Waals surface area contributed by atoms with Crippen LogP contribution in [-0.2, 0) is 0 Å². The molecular formula is C20H26FN7O2. The van der Waals surface area contributed by atoms with Gasteiger partial charge in [-0.2, -0.15) is 5.10 Å². The number of carbonyl (C=O) groups excluding carboxylic acids is 1. The fourth-order valence-corrected chi connectivity index (χ4v) is 2.84. The number of nitrogens with two attached hydrogens (primary N) is 1. The molecule has 10 heteroatoms. The van der Waals surface area contributed by atoms with Crippen molar-refractivity contribution in [3.63, 3.8) is 0 Å². The monoisotopic (exact) mass is 415 g/mol. The molecule has 1 amide bonds. The molecule has 9 nitrogen and oxygen atoms in total. The molecule has 0 spiro atoms. The first kappa shape index (κ1) is 21.4. The van der Waals surface area contributed by atoms with Crippen LogP contribution < -0.4 is 16.4 Å². The van der Waals surface area contributed by atoms with Crippen LogP contribution in [-0.4, -0.2) is 55.0 Å². The van der Waals surface area contributed by atoms with Gasteiger partial charge in [0.1, 0.15) is 6.17 Å². The van der Waals surface area contributed by atoms with Gasteiger partial charge in [0.05, 0.1) is 35.1 Å². The van der Waals surface area contributed by atoms with E-state index in [1.54, 1.807) is 23.1 Å². The normalized spacial score (nSPS) is 12.9. The van der Waals surface area contributed by atoms with Gasteiger partial charge in [-0.15, -0.1) is 0 Å². The standard InChI is InChI=1S/C20H26FN7O2/c1-11(2)27-17-14(18(29)23-9-16(21)20(3,4)30)8-26-28-10-12(5-15(17)28)13-6-24-19(22)25-7-13/h5-8,10-11,16,27,30H,9H2,1-4H3,(H,23,29)(H2,22,24,25)/t16-/m1/s1. The van der Waals surface area contributed by atoms with E-state index >= 15 is 0 Å². The molecule has 3 rings (SSSR count). The van der Waals surface area contributed by atoms with Crippen molar-refractivity contribution in [1.82, 2.24) is 24.9 Å². The zero-order chi connectivity index (χ0) is 22.1. The fourth-order valence-electron chi connectivity index (χ4n) is 2.84. The van der Waals surface area contributed by atoms with Crippen molar-refractivity contribution in [2.75, 3.05) is 17.6 Å². The smallest absolute Gasteiger partial charge is 0.255 e. The minimum atomic E-state index is -1.61. The minimum absolute atomic E-state index is 0.0336. The van der Waals surface area contributed by atoms with Gasteiger partial charge in [-0.25, -0.2) is 18.9 Å². The lowest BCUT2D eigenvalue weighted by atomic mass is 10.0. The van der Waals surface area contributed by atoms with Gasteiger partial charge >= 0.3 is 0 Å². The van der Waals surface area contributed by atoms with Crippen LogP contribution in [0.1, 0.15) is 38.1 Å². The van der Waals surface area contributed by atoms with Crippen molar-refractivity contribution in [3.05, 3.63) is 36.4 Å². The highest BCUT2D eigenvalue weighted by Gasteiger charge is 2.27. The molecule has 30 heavy (non-hydrogen) atoms. The number of anilines is 2. The maximum Gasteiger partial charge on any atom is 0.255 e. The van der Waals surface area contributed by atoms with Crippen molar-refractivity contribution in [2.24, 2.45) is 0 Å². The van der Waals surface area contributed by atoms with Crippen LogP contribution in [0, 0.1) is 0 Å². The van der Waals surface area contributed by atoms with Crippen molar-refractivity contribution in [2.45, 2.75) is 45.5 Å². The van der Waals surface area contributed by atoms with E-state index in [2.05, 4.69) is 25.7 Å². The number of hydrogen-bond donors (Lipinski definition) is 4. The molecule has 0 radical (unpaired) electrons. The summed E-state index contributed by atoms with van der Waals surface area (Å²) >= 11 is 0. The quantitative estimate of drug-likeness (QED) is 0.464. The summed E-state index contributed by atoms with van der Waals surface area (Å²) in [6, 6.07) is 1.89. The van der Waals surface area contributed by atoms with Gasteiger partial charge in [-0.05, 0) is 33.8 Å². The Kier molecular flexibility index (Phi) is 5.88. The number of nitrogens with zero attached hydrogens (tertiary/aromatic N) is 4. The number of carbonyl (C=O) groups is 1. The van der Waals surface area contributed by atoms with Gasteiger partial charge in [-0.1, -0.05) is 0 Å². The zero-order valence-corrected chi connectivity index (χ0v) is 17.3. The second kappa shape index (κ2) is 8.23. The van der Waals surface area contributed by atoms with Crippen LogP contribution in [0.25, 0.3) is 16.6 Å². The lowest BCUT2D eigenvalue weighted by molar-refractivity contribution is -0.00177. The SMILES string of the molecule is CC(C)Nc1c(C(=O)NC[C@@H](F)C(C)(C)O)cnn2cc(-c3cnc(N)nc3)cc12. The molecule has 1 atom stereocenters. The van der Waals surface area contributed by atoms with Gasteiger partial charge in [0.2, 0.25) is 5.95 Å². The summed E-state index contributed by atoms with van der Waals surface area (Å²) in [6.07, 6.45) is 4.83. The lowest BCUT2D eigenvalue weighted by Crippen LogP contribution is -2.42. The number of alkyl halides is 1. The number of nitrogens with one attached hydrogen (secondary N) is 2. The van der Waals surface area contributed by atoms with Crippen molar-refractivity contribution < 1.29 is 14.3 Å². The van der Waals surface area contributed by atoms with E-state index in [-0.39, 0.29) is 24.1 Å². The molecule has 160 valence electrons. The zero-order valence-electron chi connectivity index (χ0n) is 17.3. The summed E-state index contributed by atoms with van der Waals surface area (Å²) in [5.74, 6) is -0.308. The third-order valence-electron chi connectivity index (χ3n) is 4.53. The molecule has 0 fully saturated rings. The molecule has 3 aromatic heterocycles. The van der Waals surface area contributed by atoms with Crippen LogP contribution in [0.15, 0.2) is 30.9 Å². The van der Waals surface area contributed by atoms with E-state index in [4.69, 9.17) is 5.73 Å². The molecule has 0 aliphatic heterocycles. The van der Waals surface area contributed by atoms with Gasteiger partial charge in [0, 0.05) is 35.8 Å². The topological polar surface area (TPSA) is 130 Å². The van der Waals surface area contributed by atoms with Crippen LogP contribution in [0.3, 0.4) is 0 Å². The van der Waals surface area contributed by atoms with E-state index in [1.807, 2.05) is 19.9 Å². The molecule has 3 aromatic rings. The number of fused-ring (bicyclic) bond motifs is 1. The van der Waals surface area contributed by atoms with Crippen LogP contribution >= 0.6 is 0 Å². The average molecular weight is 415 g/mol. The van der Waals surface area contributed by atoms with E-state index < -0.39 is 17.7 Å². The number of halogens is 1. The third-order valence-corrected chi connectivity index (χ3v) is 4.53. The maximum atomic E-state index is 14.0. The molecule has 0 saturated heterocycles. The Balaban J connectivity index is 1.98. The summed E-state index contributed by atoms with van der Waals surface area (Å²) in [7, 11) is 0. The lowest BCUT2D eigenvalue weighted by Gasteiger charge is -2.23. The van der Waals surface area contributed by atoms with Gasteiger partial charge in [-0.3, -0.25) is 4.79 Å². The minimum Gasteiger partial charge on any atom is -0.387 e. The van der Waals surface area contributed by atoms with E-state index in [9.17, 15) is 14.3 Å². The first-order chi connectivity index (χ1) is 14.1. The van der Waals surface area contributed by atoms with E-state index in [0.717, 1.165) is 11.1 Å². The first-order valence-corrected chi connectivity index (χ1v) is 9.56. The highest BCUT2D eigenvalue weighted by atomic mass is 19.1. The predicted molar refractivity (Wildman–Crippen MR) is 113 cm³/mol. The Morgan fingerprint density at radius 2 is 1.93 bits per heavy atom. The molecule has 0 saturated carbocycles. The van der Waals surface area contributed by atoms with Gasteiger partial charge in [0.25, 0.3) is 5.91 Å². The van der Waals surface area contributed by atoms with Crippen LogP contribution in [0.2, 0.25) is 0 Å². The second-order valence-corrected chi connectivity index (χ2v) is 7.95. The average Bonchev–Trinajstić information content (AvgIpc) is 3.10. The largest absolute Gasteiger partial charge is 0.387 e. The van der Waals surface area contributed by atoms with Gasteiger partial charge < -0.3 is 21.5 Å². The molecule has 3 heterocycles. The Labute approximate surface area is 173 Å². The Hall–Kier alpha value is -3.27. The van der Waals surface area contributed by atoms with E-state index in [0.29, 0.717) is 11.2 Å². The Bertz CT molecular complexity index is 1040. The molecule has 5 N–H and O–H groups in total. The summed E-state index contributed by atoms with van der Waals surface area (Å²) in [4.78, 5) is 20.8. The molecule has 0 aliphatic carbocycles. The fraction of sp³-hybridized carbons (Fsp3) is 0.400. The van der Waals surface area contributed by atoms with Gasteiger partial charge in [0.15, 0.2) is 0 Å². The highest BCUT2D eigenvalue weighted by Crippen LogP contribution is 2.28. The maximum absolute atomic E-state index is 14.0. The first-order valence-electron chi connectivity index (χ1n) is 9.56.